The lowest BCUT2D eigenvalue weighted by Gasteiger charge is -2.17. The first-order valence-corrected chi connectivity index (χ1v) is 8.01. The average molecular weight is 270 g/mol. The molecule has 2 saturated heterocycles. The van der Waals surface area contributed by atoms with E-state index in [1.165, 1.54) is 19.3 Å². The molecule has 0 bridgehead atoms. The molecule has 112 valence electrons. The number of nitrogens with one attached hydrogen (secondary N) is 2. The van der Waals surface area contributed by atoms with E-state index in [1.807, 2.05) is 0 Å². The highest BCUT2D eigenvalue weighted by atomic mass is 16.6. The van der Waals surface area contributed by atoms with Crippen molar-refractivity contribution in [3.05, 3.63) is 0 Å². The van der Waals surface area contributed by atoms with Gasteiger partial charge in [0.2, 0.25) is 0 Å². The van der Waals surface area contributed by atoms with E-state index in [0.717, 1.165) is 39.4 Å². The van der Waals surface area contributed by atoms with Gasteiger partial charge in [-0.25, -0.2) is 0 Å². The largest absolute Gasteiger partial charge is 0.375 e. The Labute approximate surface area is 117 Å². The van der Waals surface area contributed by atoms with Crippen molar-refractivity contribution in [2.45, 2.75) is 45.3 Å². The van der Waals surface area contributed by atoms with Gasteiger partial charge in [-0.3, -0.25) is 0 Å². The van der Waals surface area contributed by atoms with E-state index in [2.05, 4.69) is 24.5 Å². The molecule has 19 heavy (non-hydrogen) atoms. The molecule has 2 rings (SSSR count). The molecule has 0 saturated carbocycles. The van der Waals surface area contributed by atoms with Gasteiger partial charge in [0.1, 0.15) is 0 Å². The van der Waals surface area contributed by atoms with Crippen molar-refractivity contribution in [3.8, 4) is 0 Å². The van der Waals surface area contributed by atoms with Gasteiger partial charge in [0, 0.05) is 24.9 Å². The zero-order chi connectivity index (χ0) is 13.5. The fourth-order valence-corrected chi connectivity index (χ4v) is 3.12. The van der Waals surface area contributed by atoms with Gasteiger partial charge < -0.3 is 20.1 Å². The van der Waals surface area contributed by atoms with Crippen LogP contribution in [-0.4, -0.2) is 51.6 Å². The quantitative estimate of drug-likeness (QED) is 0.622. The zero-order valence-corrected chi connectivity index (χ0v) is 12.5. The van der Waals surface area contributed by atoms with E-state index >= 15 is 0 Å². The van der Waals surface area contributed by atoms with E-state index in [4.69, 9.17) is 9.47 Å². The molecule has 2 N–H and O–H groups in total. The van der Waals surface area contributed by atoms with Gasteiger partial charge in [0.15, 0.2) is 0 Å². The number of unbranched alkanes of at least 4 members (excludes halogenated alkanes) is 2. The SMILES string of the molecule is CCCCCNCC1COC2C(CNCC)COC12. The van der Waals surface area contributed by atoms with Crippen LogP contribution in [0.25, 0.3) is 0 Å². The molecule has 2 heterocycles. The maximum Gasteiger partial charge on any atom is 0.0903 e. The second-order valence-corrected chi connectivity index (χ2v) is 5.83. The minimum absolute atomic E-state index is 0.321. The summed E-state index contributed by atoms with van der Waals surface area (Å²) < 4.78 is 11.9. The van der Waals surface area contributed by atoms with Crippen LogP contribution in [0, 0.1) is 11.8 Å². The van der Waals surface area contributed by atoms with E-state index in [-0.39, 0.29) is 0 Å². The summed E-state index contributed by atoms with van der Waals surface area (Å²) in [5, 5.41) is 6.97. The molecule has 2 aliphatic rings. The predicted molar refractivity (Wildman–Crippen MR) is 77.4 cm³/mol. The van der Waals surface area contributed by atoms with Gasteiger partial charge in [-0.15, -0.1) is 0 Å². The molecule has 0 radical (unpaired) electrons. The second-order valence-electron chi connectivity index (χ2n) is 5.83. The number of hydrogen-bond acceptors (Lipinski definition) is 4. The molecule has 0 aliphatic carbocycles. The first-order valence-electron chi connectivity index (χ1n) is 8.01. The van der Waals surface area contributed by atoms with Crippen molar-refractivity contribution < 1.29 is 9.47 Å². The summed E-state index contributed by atoms with van der Waals surface area (Å²) in [6.45, 7) is 10.3. The summed E-state index contributed by atoms with van der Waals surface area (Å²) in [5.41, 5.74) is 0. The number of fused-ring (bicyclic) bond motifs is 1. The maximum absolute atomic E-state index is 5.97. The molecule has 2 aliphatic heterocycles. The topological polar surface area (TPSA) is 42.5 Å². The van der Waals surface area contributed by atoms with Gasteiger partial charge >= 0.3 is 0 Å². The Balaban J connectivity index is 1.66. The third-order valence-electron chi connectivity index (χ3n) is 4.28. The van der Waals surface area contributed by atoms with Crippen LogP contribution in [0.4, 0.5) is 0 Å². The fraction of sp³-hybridized carbons (Fsp3) is 1.00. The van der Waals surface area contributed by atoms with Crippen LogP contribution < -0.4 is 10.6 Å². The van der Waals surface area contributed by atoms with Crippen LogP contribution in [0.1, 0.15) is 33.1 Å². The average Bonchev–Trinajstić information content (AvgIpc) is 2.99. The monoisotopic (exact) mass is 270 g/mol. The minimum atomic E-state index is 0.321. The first kappa shape index (κ1) is 15.2. The molecule has 4 heteroatoms. The van der Waals surface area contributed by atoms with Crippen LogP contribution in [-0.2, 0) is 9.47 Å². The predicted octanol–water partition coefficient (Wildman–Crippen LogP) is 1.41. The normalized spacial score (nSPS) is 33.8. The van der Waals surface area contributed by atoms with Gasteiger partial charge in [-0.05, 0) is 19.5 Å². The van der Waals surface area contributed by atoms with Gasteiger partial charge in [-0.1, -0.05) is 26.7 Å². The Morgan fingerprint density at radius 3 is 2.11 bits per heavy atom. The van der Waals surface area contributed by atoms with Crippen molar-refractivity contribution in [1.82, 2.24) is 10.6 Å². The zero-order valence-electron chi connectivity index (χ0n) is 12.5. The lowest BCUT2D eigenvalue weighted by Crippen LogP contribution is -2.35. The Morgan fingerprint density at radius 1 is 0.895 bits per heavy atom. The summed E-state index contributed by atoms with van der Waals surface area (Å²) >= 11 is 0. The van der Waals surface area contributed by atoms with Crippen LogP contribution in [0.3, 0.4) is 0 Å². The molecule has 0 amide bonds. The minimum Gasteiger partial charge on any atom is -0.375 e. The molecular formula is C15H30N2O2. The van der Waals surface area contributed by atoms with E-state index in [1.54, 1.807) is 0 Å². The van der Waals surface area contributed by atoms with Crippen LogP contribution in [0.2, 0.25) is 0 Å². The van der Waals surface area contributed by atoms with E-state index < -0.39 is 0 Å². The Morgan fingerprint density at radius 2 is 1.53 bits per heavy atom. The highest BCUT2D eigenvalue weighted by Gasteiger charge is 2.46. The molecule has 0 spiro atoms. The maximum atomic E-state index is 5.97. The van der Waals surface area contributed by atoms with Crippen LogP contribution >= 0.6 is 0 Å². The standard InChI is InChI=1S/C15H30N2O2/c1-3-5-6-7-17-9-13-11-19-14-12(8-16-4-2)10-18-15(13)14/h12-17H,3-11H2,1-2H3. The Bertz CT molecular complexity index is 250. The third-order valence-corrected chi connectivity index (χ3v) is 4.28. The van der Waals surface area contributed by atoms with Crippen molar-refractivity contribution in [1.29, 1.82) is 0 Å². The summed E-state index contributed by atoms with van der Waals surface area (Å²) in [6.07, 6.45) is 4.53. The highest BCUT2D eigenvalue weighted by molar-refractivity contribution is 4.95. The van der Waals surface area contributed by atoms with Gasteiger partial charge in [0.25, 0.3) is 0 Å². The van der Waals surface area contributed by atoms with Gasteiger partial charge in [-0.2, -0.15) is 0 Å². The number of rotatable bonds is 9. The van der Waals surface area contributed by atoms with Crippen molar-refractivity contribution >= 4 is 0 Å². The smallest absolute Gasteiger partial charge is 0.0903 e. The number of hydrogen-bond donors (Lipinski definition) is 2. The van der Waals surface area contributed by atoms with E-state index in [0.29, 0.717) is 24.0 Å². The summed E-state index contributed by atoms with van der Waals surface area (Å²) in [7, 11) is 0. The third kappa shape index (κ3) is 4.15. The Kier molecular flexibility index (Phi) is 6.57. The molecule has 4 unspecified atom stereocenters. The molecule has 0 aromatic heterocycles. The first-order chi connectivity index (χ1) is 9.36. The molecule has 0 aromatic carbocycles. The summed E-state index contributed by atoms with van der Waals surface area (Å²) in [5.74, 6) is 1.08. The summed E-state index contributed by atoms with van der Waals surface area (Å²) in [4.78, 5) is 0. The number of ether oxygens (including phenoxy) is 2. The van der Waals surface area contributed by atoms with Gasteiger partial charge in [0.05, 0.1) is 25.4 Å². The molecule has 2 fully saturated rings. The lowest BCUT2D eigenvalue weighted by molar-refractivity contribution is 0.0604. The highest BCUT2D eigenvalue weighted by Crippen LogP contribution is 2.34. The molecule has 4 nitrogen and oxygen atoms in total. The Hall–Kier alpha value is -0.160. The van der Waals surface area contributed by atoms with Crippen molar-refractivity contribution in [2.75, 3.05) is 39.4 Å². The fourth-order valence-electron chi connectivity index (χ4n) is 3.12. The molecular weight excluding hydrogens is 240 g/mol. The lowest BCUT2D eigenvalue weighted by atomic mass is 9.96. The molecule has 0 aromatic rings. The van der Waals surface area contributed by atoms with E-state index in [9.17, 15) is 0 Å². The van der Waals surface area contributed by atoms with Crippen LogP contribution in [0.5, 0.6) is 0 Å². The summed E-state index contributed by atoms with van der Waals surface area (Å²) in [6, 6.07) is 0. The van der Waals surface area contributed by atoms with Crippen molar-refractivity contribution in [2.24, 2.45) is 11.8 Å². The van der Waals surface area contributed by atoms with Crippen LogP contribution in [0.15, 0.2) is 0 Å². The second kappa shape index (κ2) is 8.20. The van der Waals surface area contributed by atoms with Crippen molar-refractivity contribution in [3.63, 3.8) is 0 Å². The molecule has 4 atom stereocenters.